The summed E-state index contributed by atoms with van der Waals surface area (Å²) in [5, 5.41) is 0. The molecule has 1 saturated carbocycles. The Kier molecular flexibility index (Phi) is 9.56. The van der Waals surface area contributed by atoms with Gasteiger partial charge in [-0.05, 0) is 75.9 Å². The van der Waals surface area contributed by atoms with Gasteiger partial charge < -0.3 is 14.7 Å². The SMILES string of the molecule is CCCN(CCCCCN(CCCN(C)c1ccccc1)c1ccccc1)C1CC1. The van der Waals surface area contributed by atoms with E-state index in [-0.39, 0.29) is 0 Å². The number of rotatable bonds is 15. The lowest BCUT2D eigenvalue weighted by Gasteiger charge is -2.27. The van der Waals surface area contributed by atoms with Crippen LogP contribution in [-0.4, -0.2) is 50.7 Å². The maximum Gasteiger partial charge on any atom is 0.0366 e. The molecule has 0 atom stereocenters. The molecule has 1 fully saturated rings. The standard InChI is InChI=1S/C27H41N3/c1-3-20-29(27-18-19-27)22-11-6-12-23-30(26-16-9-5-10-17-26)24-13-21-28(2)25-14-7-4-8-15-25/h4-5,7-10,14-17,27H,3,6,11-13,18-24H2,1-2H3. The zero-order valence-corrected chi connectivity index (χ0v) is 19.2. The minimum absolute atomic E-state index is 0.910. The van der Waals surface area contributed by atoms with E-state index < -0.39 is 0 Å². The predicted octanol–water partition coefficient (Wildman–Crippen LogP) is 6.06. The Labute approximate surface area is 184 Å². The average Bonchev–Trinajstić information content (AvgIpc) is 3.63. The Morgan fingerprint density at radius 1 is 0.667 bits per heavy atom. The van der Waals surface area contributed by atoms with E-state index >= 15 is 0 Å². The van der Waals surface area contributed by atoms with Crippen LogP contribution in [0, 0.1) is 0 Å². The van der Waals surface area contributed by atoms with Gasteiger partial charge in [-0.1, -0.05) is 49.7 Å². The van der Waals surface area contributed by atoms with Crippen molar-refractivity contribution in [2.24, 2.45) is 0 Å². The maximum atomic E-state index is 2.73. The quantitative estimate of drug-likeness (QED) is 0.332. The summed E-state index contributed by atoms with van der Waals surface area (Å²) in [6.45, 7) is 8.26. The topological polar surface area (TPSA) is 9.72 Å². The van der Waals surface area contributed by atoms with Crippen LogP contribution < -0.4 is 9.80 Å². The van der Waals surface area contributed by atoms with Crippen molar-refractivity contribution in [3.05, 3.63) is 60.7 Å². The molecule has 30 heavy (non-hydrogen) atoms. The van der Waals surface area contributed by atoms with Gasteiger partial charge in [-0.25, -0.2) is 0 Å². The van der Waals surface area contributed by atoms with Crippen molar-refractivity contribution in [3.63, 3.8) is 0 Å². The molecule has 1 aliphatic rings. The molecule has 0 N–H and O–H groups in total. The number of unbranched alkanes of at least 4 members (excludes halogenated alkanes) is 2. The lowest BCUT2D eigenvalue weighted by atomic mass is 10.2. The summed E-state index contributed by atoms with van der Waals surface area (Å²) in [7, 11) is 2.20. The van der Waals surface area contributed by atoms with E-state index in [1.807, 2.05) is 0 Å². The first-order chi connectivity index (χ1) is 14.8. The monoisotopic (exact) mass is 407 g/mol. The number of nitrogens with zero attached hydrogens (tertiary/aromatic N) is 3. The van der Waals surface area contributed by atoms with Gasteiger partial charge in [0.2, 0.25) is 0 Å². The van der Waals surface area contributed by atoms with Gasteiger partial charge in [-0.3, -0.25) is 0 Å². The maximum absolute atomic E-state index is 2.73. The smallest absolute Gasteiger partial charge is 0.0366 e. The summed E-state index contributed by atoms with van der Waals surface area (Å²) < 4.78 is 0. The highest BCUT2D eigenvalue weighted by molar-refractivity contribution is 5.46. The van der Waals surface area contributed by atoms with E-state index in [1.165, 1.54) is 69.4 Å². The number of para-hydroxylation sites is 2. The van der Waals surface area contributed by atoms with Gasteiger partial charge in [0.25, 0.3) is 0 Å². The third-order valence-corrected chi connectivity index (χ3v) is 6.19. The largest absolute Gasteiger partial charge is 0.375 e. The van der Waals surface area contributed by atoms with Crippen molar-refractivity contribution in [1.82, 2.24) is 4.90 Å². The Balaban J connectivity index is 1.41. The summed E-state index contributed by atoms with van der Waals surface area (Å²) in [4.78, 5) is 7.68. The van der Waals surface area contributed by atoms with Gasteiger partial charge in [0, 0.05) is 44.1 Å². The minimum atomic E-state index is 0.910. The van der Waals surface area contributed by atoms with Gasteiger partial charge in [-0.15, -0.1) is 0 Å². The first-order valence-electron chi connectivity index (χ1n) is 12.1. The number of anilines is 2. The molecule has 0 spiro atoms. The van der Waals surface area contributed by atoms with Crippen LogP contribution in [0.3, 0.4) is 0 Å². The van der Waals surface area contributed by atoms with Crippen LogP contribution in [0.4, 0.5) is 11.4 Å². The van der Waals surface area contributed by atoms with Crippen molar-refractivity contribution in [2.75, 3.05) is 49.6 Å². The van der Waals surface area contributed by atoms with Crippen LogP contribution in [0.2, 0.25) is 0 Å². The summed E-state index contributed by atoms with van der Waals surface area (Å²) >= 11 is 0. The molecule has 0 heterocycles. The highest BCUT2D eigenvalue weighted by Crippen LogP contribution is 2.27. The van der Waals surface area contributed by atoms with Crippen molar-refractivity contribution in [2.45, 2.75) is 57.9 Å². The van der Waals surface area contributed by atoms with Crippen LogP contribution in [0.25, 0.3) is 0 Å². The fourth-order valence-corrected chi connectivity index (χ4v) is 4.32. The van der Waals surface area contributed by atoms with Crippen molar-refractivity contribution in [3.8, 4) is 0 Å². The molecule has 2 aromatic carbocycles. The highest BCUT2D eigenvalue weighted by Gasteiger charge is 2.27. The van der Waals surface area contributed by atoms with Crippen LogP contribution in [-0.2, 0) is 0 Å². The van der Waals surface area contributed by atoms with Gasteiger partial charge in [0.05, 0.1) is 0 Å². The van der Waals surface area contributed by atoms with Crippen LogP contribution in [0.15, 0.2) is 60.7 Å². The van der Waals surface area contributed by atoms with E-state index in [4.69, 9.17) is 0 Å². The molecule has 3 nitrogen and oxygen atoms in total. The minimum Gasteiger partial charge on any atom is -0.375 e. The molecule has 1 aliphatic carbocycles. The van der Waals surface area contributed by atoms with E-state index in [0.717, 1.165) is 25.7 Å². The summed E-state index contributed by atoms with van der Waals surface area (Å²) in [6, 6.07) is 22.6. The van der Waals surface area contributed by atoms with E-state index in [1.54, 1.807) is 0 Å². The lowest BCUT2D eigenvalue weighted by molar-refractivity contribution is 0.258. The zero-order chi connectivity index (χ0) is 21.0. The van der Waals surface area contributed by atoms with E-state index in [9.17, 15) is 0 Å². The second-order valence-corrected chi connectivity index (χ2v) is 8.76. The van der Waals surface area contributed by atoms with Crippen LogP contribution >= 0.6 is 0 Å². The fourth-order valence-electron chi connectivity index (χ4n) is 4.32. The second-order valence-electron chi connectivity index (χ2n) is 8.76. The molecule has 0 aromatic heterocycles. The number of benzene rings is 2. The Morgan fingerprint density at radius 2 is 1.27 bits per heavy atom. The summed E-state index contributed by atoms with van der Waals surface area (Å²) in [6.07, 6.45) is 9.28. The summed E-state index contributed by atoms with van der Waals surface area (Å²) in [5.41, 5.74) is 2.67. The zero-order valence-electron chi connectivity index (χ0n) is 19.2. The van der Waals surface area contributed by atoms with Crippen LogP contribution in [0.5, 0.6) is 0 Å². The normalized spacial score (nSPS) is 13.6. The van der Waals surface area contributed by atoms with Gasteiger partial charge >= 0.3 is 0 Å². The molecule has 0 radical (unpaired) electrons. The molecule has 0 saturated heterocycles. The number of hydrogen-bond donors (Lipinski definition) is 0. The van der Waals surface area contributed by atoms with Gasteiger partial charge in [0.15, 0.2) is 0 Å². The fraction of sp³-hybridized carbons (Fsp3) is 0.556. The van der Waals surface area contributed by atoms with Crippen molar-refractivity contribution in [1.29, 1.82) is 0 Å². The van der Waals surface area contributed by atoms with E-state index in [2.05, 4.69) is 89.3 Å². The highest BCUT2D eigenvalue weighted by atomic mass is 15.2. The third-order valence-electron chi connectivity index (χ3n) is 6.19. The van der Waals surface area contributed by atoms with E-state index in [0.29, 0.717) is 0 Å². The predicted molar refractivity (Wildman–Crippen MR) is 132 cm³/mol. The van der Waals surface area contributed by atoms with Gasteiger partial charge in [0.1, 0.15) is 0 Å². The molecule has 3 heteroatoms. The molecular formula is C27H41N3. The average molecular weight is 408 g/mol. The molecule has 2 aromatic rings. The summed E-state index contributed by atoms with van der Waals surface area (Å²) in [5.74, 6) is 0. The number of hydrogen-bond acceptors (Lipinski definition) is 3. The molecule has 164 valence electrons. The Hall–Kier alpha value is -2.00. The molecule has 3 rings (SSSR count). The third kappa shape index (κ3) is 7.68. The van der Waals surface area contributed by atoms with Crippen molar-refractivity contribution < 1.29 is 0 Å². The lowest BCUT2D eigenvalue weighted by Crippen LogP contribution is -2.30. The molecule has 0 unspecified atom stereocenters. The van der Waals surface area contributed by atoms with Crippen molar-refractivity contribution >= 4 is 11.4 Å². The second kappa shape index (κ2) is 12.6. The Morgan fingerprint density at radius 3 is 1.90 bits per heavy atom. The van der Waals surface area contributed by atoms with Gasteiger partial charge in [-0.2, -0.15) is 0 Å². The first kappa shape index (κ1) is 22.7. The first-order valence-corrected chi connectivity index (χ1v) is 12.1. The molecule has 0 aliphatic heterocycles. The molecule has 0 bridgehead atoms. The Bertz CT molecular complexity index is 684. The molecular weight excluding hydrogens is 366 g/mol. The molecule has 0 amide bonds. The van der Waals surface area contributed by atoms with Crippen LogP contribution in [0.1, 0.15) is 51.9 Å².